The molecule has 2 aromatic heterocycles. The van der Waals surface area contributed by atoms with E-state index in [0.29, 0.717) is 12.4 Å². The lowest BCUT2D eigenvalue weighted by molar-refractivity contribution is -0.115. The summed E-state index contributed by atoms with van der Waals surface area (Å²) in [5.41, 5.74) is 0. The van der Waals surface area contributed by atoms with Crippen molar-refractivity contribution in [1.82, 2.24) is 15.2 Å². The Bertz CT molecular complexity index is 466. The number of aromatic nitrogens is 3. The van der Waals surface area contributed by atoms with E-state index in [9.17, 15) is 4.79 Å². The average Bonchev–Trinajstić information content (AvgIpc) is 2.89. The van der Waals surface area contributed by atoms with Crippen LogP contribution in [0, 0.1) is 0 Å². The van der Waals surface area contributed by atoms with Crippen LogP contribution in [0.1, 0.15) is 4.88 Å². The third kappa shape index (κ3) is 2.57. The number of nitrogens with zero attached hydrogens (tertiary/aromatic N) is 2. The van der Waals surface area contributed by atoms with Gasteiger partial charge >= 0.3 is 6.01 Å². The van der Waals surface area contributed by atoms with E-state index in [1.165, 1.54) is 18.4 Å². The van der Waals surface area contributed by atoms with E-state index in [1.807, 2.05) is 17.5 Å². The Balaban J connectivity index is 1.92. The molecule has 6 nitrogen and oxygen atoms in total. The van der Waals surface area contributed by atoms with Gasteiger partial charge in [0, 0.05) is 4.88 Å². The van der Waals surface area contributed by atoms with Gasteiger partial charge in [-0.15, -0.1) is 16.4 Å². The molecule has 0 saturated heterocycles. The Kier molecular flexibility index (Phi) is 3.16. The first-order chi connectivity index (χ1) is 7.78. The molecule has 0 aliphatic rings. The summed E-state index contributed by atoms with van der Waals surface area (Å²) in [6, 6.07) is 4.02. The fourth-order valence-corrected chi connectivity index (χ4v) is 1.84. The zero-order chi connectivity index (χ0) is 11.4. The number of aromatic amines is 1. The molecule has 7 heteroatoms. The molecular weight excluding hydrogens is 228 g/mol. The third-order valence-electron chi connectivity index (χ3n) is 1.82. The van der Waals surface area contributed by atoms with Crippen molar-refractivity contribution in [3.05, 3.63) is 22.4 Å². The Morgan fingerprint density at radius 1 is 1.69 bits per heavy atom. The van der Waals surface area contributed by atoms with Crippen LogP contribution in [-0.4, -0.2) is 28.2 Å². The van der Waals surface area contributed by atoms with Crippen LogP contribution in [0.4, 0.5) is 5.95 Å². The summed E-state index contributed by atoms with van der Waals surface area (Å²) < 4.78 is 4.78. The quantitative estimate of drug-likeness (QED) is 0.834. The highest BCUT2D eigenvalue weighted by atomic mass is 32.1. The first-order valence-electron chi connectivity index (χ1n) is 4.56. The average molecular weight is 238 g/mol. The molecule has 2 N–H and O–H groups in total. The SMILES string of the molecule is COc1n[nH]c(NC(=O)Cc2cccs2)n1. The molecule has 0 unspecified atom stereocenters. The van der Waals surface area contributed by atoms with Crippen LogP contribution in [0.5, 0.6) is 6.01 Å². The lowest BCUT2D eigenvalue weighted by atomic mass is 10.3. The maximum absolute atomic E-state index is 11.5. The highest BCUT2D eigenvalue weighted by Gasteiger charge is 2.08. The molecule has 0 fully saturated rings. The number of H-pyrrole nitrogens is 1. The van der Waals surface area contributed by atoms with E-state index in [1.54, 1.807) is 0 Å². The van der Waals surface area contributed by atoms with Gasteiger partial charge < -0.3 is 4.74 Å². The van der Waals surface area contributed by atoms with Gasteiger partial charge in [0.1, 0.15) is 0 Å². The number of hydrogen-bond acceptors (Lipinski definition) is 5. The van der Waals surface area contributed by atoms with Gasteiger partial charge in [0.15, 0.2) is 0 Å². The van der Waals surface area contributed by atoms with Gasteiger partial charge in [0.25, 0.3) is 0 Å². The zero-order valence-corrected chi connectivity index (χ0v) is 9.37. The highest BCUT2D eigenvalue weighted by molar-refractivity contribution is 7.10. The molecule has 0 bridgehead atoms. The Labute approximate surface area is 95.7 Å². The summed E-state index contributed by atoms with van der Waals surface area (Å²) in [7, 11) is 1.46. The molecule has 84 valence electrons. The number of anilines is 1. The summed E-state index contributed by atoms with van der Waals surface area (Å²) in [6.45, 7) is 0. The number of hydrogen-bond donors (Lipinski definition) is 2. The second kappa shape index (κ2) is 4.75. The van der Waals surface area contributed by atoms with E-state index < -0.39 is 0 Å². The maximum Gasteiger partial charge on any atom is 0.336 e. The van der Waals surface area contributed by atoms with E-state index in [2.05, 4.69) is 20.5 Å². The first kappa shape index (κ1) is 10.6. The third-order valence-corrected chi connectivity index (χ3v) is 2.70. The minimum absolute atomic E-state index is 0.138. The molecule has 2 heterocycles. The van der Waals surface area contributed by atoms with E-state index in [-0.39, 0.29) is 11.9 Å². The van der Waals surface area contributed by atoms with Crippen LogP contribution < -0.4 is 10.1 Å². The van der Waals surface area contributed by atoms with Gasteiger partial charge in [-0.05, 0) is 11.4 Å². The number of carbonyl (C=O) groups excluding carboxylic acids is 1. The molecule has 0 saturated carbocycles. The molecule has 0 spiro atoms. The monoisotopic (exact) mass is 238 g/mol. The highest BCUT2D eigenvalue weighted by Crippen LogP contribution is 2.10. The second-order valence-corrected chi connectivity index (χ2v) is 4.01. The van der Waals surface area contributed by atoms with Crippen LogP contribution in [0.2, 0.25) is 0 Å². The van der Waals surface area contributed by atoms with Crippen molar-refractivity contribution in [3.8, 4) is 6.01 Å². The second-order valence-electron chi connectivity index (χ2n) is 2.98. The molecule has 0 aromatic carbocycles. The minimum atomic E-state index is -0.138. The number of thiophene rings is 1. The predicted octanol–water partition coefficient (Wildman–Crippen LogP) is 1.06. The molecule has 2 aromatic rings. The Hall–Kier alpha value is -1.89. The van der Waals surface area contributed by atoms with Gasteiger partial charge in [-0.1, -0.05) is 6.07 Å². The van der Waals surface area contributed by atoms with Crippen LogP contribution in [0.15, 0.2) is 17.5 Å². The summed E-state index contributed by atoms with van der Waals surface area (Å²) in [4.78, 5) is 16.4. The Morgan fingerprint density at radius 3 is 3.19 bits per heavy atom. The van der Waals surface area contributed by atoms with Gasteiger partial charge in [-0.2, -0.15) is 4.98 Å². The van der Waals surface area contributed by atoms with Gasteiger partial charge in [-0.3, -0.25) is 10.1 Å². The summed E-state index contributed by atoms with van der Waals surface area (Å²) >= 11 is 1.54. The van der Waals surface area contributed by atoms with Crippen molar-refractivity contribution in [3.63, 3.8) is 0 Å². The lowest BCUT2D eigenvalue weighted by Gasteiger charge is -1.98. The molecule has 0 aliphatic heterocycles. The Morgan fingerprint density at radius 2 is 2.56 bits per heavy atom. The van der Waals surface area contributed by atoms with Crippen LogP contribution in [0.25, 0.3) is 0 Å². The van der Waals surface area contributed by atoms with Crippen LogP contribution in [0.3, 0.4) is 0 Å². The van der Waals surface area contributed by atoms with E-state index >= 15 is 0 Å². The fourth-order valence-electron chi connectivity index (χ4n) is 1.14. The van der Waals surface area contributed by atoms with Gasteiger partial charge in [0.05, 0.1) is 13.5 Å². The molecule has 2 rings (SSSR count). The normalized spacial score (nSPS) is 10.1. The lowest BCUT2D eigenvalue weighted by Crippen LogP contribution is -2.14. The smallest absolute Gasteiger partial charge is 0.336 e. The molecule has 0 atom stereocenters. The summed E-state index contributed by atoms with van der Waals surface area (Å²) in [5.74, 6) is 0.152. The number of rotatable bonds is 4. The molecule has 1 amide bonds. The summed E-state index contributed by atoms with van der Waals surface area (Å²) in [6.07, 6.45) is 0.334. The zero-order valence-electron chi connectivity index (χ0n) is 8.56. The summed E-state index contributed by atoms with van der Waals surface area (Å²) in [5, 5.41) is 10.8. The number of ether oxygens (including phenoxy) is 1. The van der Waals surface area contributed by atoms with Gasteiger partial charge in [0.2, 0.25) is 11.9 Å². The molecule has 16 heavy (non-hydrogen) atoms. The van der Waals surface area contributed by atoms with Crippen LogP contribution in [-0.2, 0) is 11.2 Å². The fraction of sp³-hybridized carbons (Fsp3) is 0.222. The standard InChI is InChI=1S/C9H10N4O2S/c1-15-9-11-8(12-13-9)10-7(14)5-6-3-2-4-16-6/h2-4H,5H2,1H3,(H2,10,11,12,13,14). The minimum Gasteiger partial charge on any atom is -0.466 e. The number of amides is 1. The molecule has 0 radical (unpaired) electrons. The van der Waals surface area contributed by atoms with Crippen molar-refractivity contribution in [1.29, 1.82) is 0 Å². The van der Waals surface area contributed by atoms with E-state index in [4.69, 9.17) is 4.74 Å². The van der Waals surface area contributed by atoms with Crippen LogP contribution >= 0.6 is 11.3 Å². The van der Waals surface area contributed by atoms with Crippen molar-refractivity contribution >= 4 is 23.2 Å². The van der Waals surface area contributed by atoms with Crippen molar-refractivity contribution in [2.45, 2.75) is 6.42 Å². The van der Waals surface area contributed by atoms with Crippen molar-refractivity contribution in [2.75, 3.05) is 12.4 Å². The van der Waals surface area contributed by atoms with Crippen molar-refractivity contribution < 1.29 is 9.53 Å². The molecular formula is C9H10N4O2S. The number of carbonyl (C=O) groups is 1. The predicted molar refractivity (Wildman–Crippen MR) is 59.6 cm³/mol. The topological polar surface area (TPSA) is 79.9 Å². The number of nitrogens with one attached hydrogen (secondary N) is 2. The van der Waals surface area contributed by atoms with Gasteiger partial charge in [-0.25, -0.2) is 5.10 Å². The van der Waals surface area contributed by atoms with E-state index in [0.717, 1.165) is 4.88 Å². The molecule has 0 aliphatic carbocycles. The largest absolute Gasteiger partial charge is 0.466 e. The maximum atomic E-state index is 11.5. The number of methoxy groups -OCH3 is 1. The first-order valence-corrected chi connectivity index (χ1v) is 5.44. The van der Waals surface area contributed by atoms with Crippen molar-refractivity contribution in [2.24, 2.45) is 0 Å².